The molecule has 1 aliphatic carbocycles. The zero-order chi connectivity index (χ0) is 15.4. The molecule has 1 aromatic carbocycles. The number of hydrogen-bond acceptors (Lipinski definition) is 3. The molecule has 0 amide bonds. The van der Waals surface area contributed by atoms with Crippen molar-refractivity contribution in [2.45, 2.75) is 25.4 Å². The second kappa shape index (κ2) is 6.90. The number of benzene rings is 1. The molecule has 0 aliphatic heterocycles. The zero-order valence-electron chi connectivity index (χ0n) is 12.9. The lowest BCUT2D eigenvalue weighted by molar-refractivity contribution is 0.199. The summed E-state index contributed by atoms with van der Waals surface area (Å²) in [7, 11) is 1.68. The van der Waals surface area contributed by atoms with Gasteiger partial charge in [0.2, 0.25) is 0 Å². The molecule has 4 heteroatoms. The Hall–Kier alpha value is -1.91. The van der Waals surface area contributed by atoms with Crippen LogP contribution in [0.15, 0.2) is 47.3 Å². The van der Waals surface area contributed by atoms with Crippen LogP contribution in [0.2, 0.25) is 0 Å². The first-order chi connectivity index (χ1) is 10.8. The third-order valence-corrected chi connectivity index (χ3v) is 3.98. The van der Waals surface area contributed by atoms with Crippen molar-refractivity contribution in [3.05, 3.63) is 58.4 Å². The summed E-state index contributed by atoms with van der Waals surface area (Å²) in [6.07, 6.45) is 2.20. The van der Waals surface area contributed by atoms with Gasteiger partial charge in [-0.1, -0.05) is 36.4 Å². The number of hydrogen-bond donors (Lipinski definition) is 1. The number of ether oxygens (including phenoxy) is 1. The van der Waals surface area contributed by atoms with Crippen molar-refractivity contribution in [1.29, 1.82) is 0 Å². The first kappa shape index (κ1) is 15.0. The Bertz CT molecular complexity index is 675. The zero-order valence-corrected chi connectivity index (χ0v) is 12.9. The molecule has 1 fully saturated rings. The first-order valence-electron chi connectivity index (χ1n) is 7.80. The number of nitrogens with one attached hydrogen (secondary N) is 1. The van der Waals surface area contributed by atoms with E-state index in [0.29, 0.717) is 19.2 Å². The van der Waals surface area contributed by atoms with Crippen molar-refractivity contribution in [2.24, 2.45) is 0 Å². The van der Waals surface area contributed by atoms with Crippen LogP contribution >= 0.6 is 0 Å². The van der Waals surface area contributed by atoms with Gasteiger partial charge in [-0.25, -0.2) is 0 Å². The smallest absolute Gasteiger partial charge is 0.255 e. The van der Waals surface area contributed by atoms with Crippen LogP contribution in [-0.2, 0) is 11.3 Å². The molecular weight excluding hydrogens is 276 g/mol. The summed E-state index contributed by atoms with van der Waals surface area (Å²) in [5, 5.41) is 3.25. The maximum atomic E-state index is 12.8. The number of methoxy groups -OCH3 is 1. The van der Waals surface area contributed by atoms with E-state index in [1.807, 2.05) is 28.8 Å². The van der Waals surface area contributed by atoms with Crippen LogP contribution in [0.25, 0.3) is 11.3 Å². The van der Waals surface area contributed by atoms with Gasteiger partial charge in [-0.15, -0.1) is 0 Å². The third kappa shape index (κ3) is 3.29. The Kier molecular flexibility index (Phi) is 4.71. The molecule has 3 rings (SSSR count). The minimum absolute atomic E-state index is 0.133. The Morgan fingerprint density at radius 2 is 1.95 bits per heavy atom. The van der Waals surface area contributed by atoms with Crippen molar-refractivity contribution in [2.75, 3.05) is 20.3 Å². The van der Waals surface area contributed by atoms with Gasteiger partial charge in [0.25, 0.3) is 5.56 Å². The number of pyridine rings is 1. The number of aromatic nitrogens is 1. The van der Waals surface area contributed by atoms with Gasteiger partial charge in [-0.05, 0) is 24.5 Å². The molecule has 0 atom stereocenters. The summed E-state index contributed by atoms with van der Waals surface area (Å²) >= 11 is 0. The van der Waals surface area contributed by atoms with E-state index in [4.69, 9.17) is 4.74 Å². The highest BCUT2D eigenvalue weighted by molar-refractivity contribution is 5.60. The lowest BCUT2D eigenvalue weighted by Crippen LogP contribution is -2.28. The lowest BCUT2D eigenvalue weighted by atomic mass is 10.1. The van der Waals surface area contributed by atoms with Crippen LogP contribution in [-0.4, -0.2) is 24.8 Å². The van der Waals surface area contributed by atoms with Crippen LogP contribution in [0, 0.1) is 0 Å². The van der Waals surface area contributed by atoms with E-state index >= 15 is 0 Å². The van der Waals surface area contributed by atoms with Gasteiger partial charge in [0.15, 0.2) is 0 Å². The largest absolute Gasteiger partial charge is 0.383 e. The summed E-state index contributed by atoms with van der Waals surface area (Å²) in [5.41, 5.74) is 3.08. The molecule has 4 nitrogen and oxygen atoms in total. The summed E-state index contributed by atoms with van der Waals surface area (Å²) < 4.78 is 6.99. The molecule has 22 heavy (non-hydrogen) atoms. The summed E-state index contributed by atoms with van der Waals surface area (Å²) in [4.78, 5) is 12.8. The highest BCUT2D eigenvalue weighted by Gasteiger charge is 2.27. The van der Waals surface area contributed by atoms with Gasteiger partial charge < -0.3 is 14.6 Å². The minimum atomic E-state index is 0.133. The van der Waals surface area contributed by atoms with E-state index in [2.05, 4.69) is 23.5 Å². The molecule has 116 valence electrons. The highest BCUT2D eigenvalue weighted by Crippen LogP contribution is 2.37. The van der Waals surface area contributed by atoms with Gasteiger partial charge in [0.05, 0.1) is 12.3 Å². The Labute approximate surface area is 130 Å². The van der Waals surface area contributed by atoms with E-state index in [-0.39, 0.29) is 5.56 Å². The normalized spacial score (nSPS) is 14.2. The molecular formula is C18H22N2O2. The fourth-order valence-corrected chi connectivity index (χ4v) is 2.67. The molecule has 1 aromatic heterocycles. The van der Waals surface area contributed by atoms with Crippen molar-refractivity contribution < 1.29 is 4.74 Å². The topological polar surface area (TPSA) is 43.3 Å². The van der Waals surface area contributed by atoms with E-state index in [1.165, 1.54) is 0 Å². The fraction of sp³-hybridized carbons (Fsp3) is 0.389. The van der Waals surface area contributed by atoms with Crippen molar-refractivity contribution in [3.8, 4) is 11.3 Å². The molecule has 0 spiro atoms. The first-order valence-corrected chi connectivity index (χ1v) is 7.80. The van der Waals surface area contributed by atoms with Crippen LogP contribution in [0.3, 0.4) is 0 Å². The second-order valence-electron chi connectivity index (χ2n) is 5.69. The monoisotopic (exact) mass is 298 g/mol. The van der Waals surface area contributed by atoms with Crippen LogP contribution in [0.5, 0.6) is 0 Å². The summed E-state index contributed by atoms with van der Waals surface area (Å²) in [5.74, 6) is 0. The lowest BCUT2D eigenvalue weighted by Gasteiger charge is -2.14. The van der Waals surface area contributed by atoms with Gasteiger partial charge in [-0.3, -0.25) is 4.79 Å². The maximum Gasteiger partial charge on any atom is 0.255 e. The predicted octanol–water partition coefficient (Wildman–Crippen LogP) is 2.59. The van der Waals surface area contributed by atoms with Crippen molar-refractivity contribution in [1.82, 2.24) is 9.88 Å². The van der Waals surface area contributed by atoms with Crippen LogP contribution in [0.4, 0.5) is 0 Å². The molecule has 2 aromatic rings. The average molecular weight is 298 g/mol. The molecule has 0 saturated heterocycles. The van der Waals surface area contributed by atoms with Crippen LogP contribution < -0.4 is 10.9 Å². The number of nitrogens with zero attached hydrogens (tertiary/aromatic N) is 1. The Balaban J connectivity index is 1.90. The van der Waals surface area contributed by atoms with Gasteiger partial charge in [0.1, 0.15) is 0 Å². The third-order valence-electron chi connectivity index (χ3n) is 3.98. The minimum Gasteiger partial charge on any atom is -0.383 e. The Morgan fingerprint density at radius 1 is 1.18 bits per heavy atom. The fourth-order valence-electron chi connectivity index (χ4n) is 2.67. The molecule has 0 unspecified atom stereocenters. The van der Waals surface area contributed by atoms with Crippen molar-refractivity contribution in [3.63, 3.8) is 0 Å². The van der Waals surface area contributed by atoms with E-state index < -0.39 is 0 Å². The predicted molar refractivity (Wildman–Crippen MR) is 88.0 cm³/mol. The second-order valence-corrected chi connectivity index (χ2v) is 5.69. The van der Waals surface area contributed by atoms with Gasteiger partial charge in [0, 0.05) is 31.8 Å². The SMILES string of the molecule is COCCNCc1ccc(-c2ccccc2)n(C2CC2)c1=O. The quantitative estimate of drug-likeness (QED) is 0.799. The molecule has 1 N–H and O–H groups in total. The molecule has 1 saturated carbocycles. The van der Waals surface area contributed by atoms with E-state index in [1.54, 1.807) is 7.11 Å². The average Bonchev–Trinajstić information content (AvgIpc) is 3.38. The van der Waals surface area contributed by atoms with Gasteiger partial charge in [-0.2, -0.15) is 0 Å². The van der Waals surface area contributed by atoms with E-state index in [9.17, 15) is 4.79 Å². The molecule has 1 heterocycles. The van der Waals surface area contributed by atoms with Gasteiger partial charge >= 0.3 is 0 Å². The molecule has 1 aliphatic rings. The molecule has 0 bridgehead atoms. The van der Waals surface area contributed by atoms with Crippen molar-refractivity contribution >= 4 is 0 Å². The van der Waals surface area contributed by atoms with Crippen LogP contribution in [0.1, 0.15) is 24.4 Å². The molecule has 0 radical (unpaired) electrons. The standard InChI is InChI=1S/C18H22N2O2/c1-22-12-11-19-13-15-7-10-17(14-5-3-2-4-6-14)20(18(15)21)16-8-9-16/h2-7,10,16,19H,8-9,11-13H2,1H3. The number of rotatable bonds is 7. The van der Waals surface area contributed by atoms with E-state index in [0.717, 1.165) is 36.2 Å². The summed E-state index contributed by atoms with van der Waals surface area (Å²) in [6.45, 7) is 1.99. The highest BCUT2D eigenvalue weighted by atomic mass is 16.5. The summed E-state index contributed by atoms with van der Waals surface area (Å²) in [6, 6.07) is 14.5. The maximum absolute atomic E-state index is 12.8. The Morgan fingerprint density at radius 3 is 2.64 bits per heavy atom.